The van der Waals surface area contributed by atoms with E-state index in [4.69, 9.17) is 23.2 Å². The number of likely N-dealkylation sites (N-methyl/N-ethyl adjacent to an activating group) is 1. The van der Waals surface area contributed by atoms with Crippen LogP contribution in [0.25, 0.3) is 0 Å². The zero-order chi connectivity index (χ0) is 15.6. The minimum absolute atomic E-state index is 0.0447. The van der Waals surface area contributed by atoms with Crippen LogP contribution >= 0.6 is 23.2 Å². The number of hydrogen-bond donors (Lipinski definition) is 1. The Balaban J connectivity index is 2.78. The Morgan fingerprint density at radius 1 is 1.30 bits per heavy atom. The molecule has 0 aliphatic rings. The van der Waals surface area contributed by atoms with E-state index in [1.54, 1.807) is 31.9 Å². The summed E-state index contributed by atoms with van der Waals surface area (Å²) < 4.78 is 24.5. The molecule has 4 nitrogen and oxygen atoms in total. The van der Waals surface area contributed by atoms with E-state index in [-0.39, 0.29) is 15.7 Å². The molecule has 0 bridgehead atoms. The molecule has 0 saturated heterocycles. The van der Waals surface area contributed by atoms with Crippen LogP contribution < -0.4 is 0 Å². The lowest BCUT2D eigenvalue weighted by Crippen LogP contribution is -2.38. The number of rotatable bonds is 6. The van der Waals surface area contributed by atoms with E-state index < -0.39 is 15.4 Å². The summed E-state index contributed by atoms with van der Waals surface area (Å²) in [5.74, 6) is -0.0837. The van der Waals surface area contributed by atoms with Gasteiger partial charge < -0.3 is 10.0 Å². The van der Waals surface area contributed by atoms with Crippen molar-refractivity contribution >= 4 is 33.0 Å². The van der Waals surface area contributed by atoms with Gasteiger partial charge in [-0.1, -0.05) is 23.2 Å². The summed E-state index contributed by atoms with van der Waals surface area (Å²) in [7, 11) is -1.75. The van der Waals surface area contributed by atoms with Crippen molar-refractivity contribution in [3.8, 4) is 0 Å². The smallest absolute Gasteiger partial charge is 0.181 e. The van der Waals surface area contributed by atoms with Crippen molar-refractivity contribution in [3.05, 3.63) is 28.2 Å². The van der Waals surface area contributed by atoms with Crippen LogP contribution in [-0.2, 0) is 9.84 Å². The molecular weight excluding hydrogens is 321 g/mol. The zero-order valence-electron chi connectivity index (χ0n) is 11.7. The molecule has 0 radical (unpaired) electrons. The van der Waals surface area contributed by atoms with E-state index in [2.05, 4.69) is 0 Å². The average Bonchev–Trinajstić information content (AvgIpc) is 2.27. The number of benzene rings is 1. The Labute approximate surface area is 130 Å². The molecule has 0 heterocycles. The lowest BCUT2D eigenvalue weighted by atomic mass is 10.1. The molecule has 1 aromatic carbocycles. The summed E-state index contributed by atoms with van der Waals surface area (Å²) in [6.45, 7) is 4.03. The Kier molecular flexibility index (Phi) is 5.87. The molecule has 114 valence electrons. The van der Waals surface area contributed by atoms with E-state index in [9.17, 15) is 13.5 Å². The summed E-state index contributed by atoms with van der Waals surface area (Å²) in [5, 5.41) is 10.2. The zero-order valence-corrected chi connectivity index (χ0v) is 14.1. The van der Waals surface area contributed by atoms with Crippen LogP contribution in [0.4, 0.5) is 0 Å². The number of hydrogen-bond acceptors (Lipinski definition) is 4. The molecule has 7 heteroatoms. The second-order valence-electron chi connectivity index (χ2n) is 5.44. The first-order valence-corrected chi connectivity index (χ1v) is 8.51. The molecule has 0 fully saturated rings. The monoisotopic (exact) mass is 339 g/mol. The third kappa shape index (κ3) is 5.58. The van der Waals surface area contributed by atoms with Crippen LogP contribution in [-0.4, -0.2) is 49.9 Å². The van der Waals surface area contributed by atoms with Gasteiger partial charge >= 0.3 is 0 Å². The Hall–Kier alpha value is -0.330. The largest absolute Gasteiger partial charge is 0.389 e. The highest BCUT2D eigenvalue weighted by molar-refractivity contribution is 7.91. The number of nitrogens with zero attached hydrogens (tertiary/aromatic N) is 1. The predicted molar refractivity (Wildman–Crippen MR) is 82.3 cm³/mol. The molecule has 20 heavy (non-hydrogen) atoms. The maximum atomic E-state index is 12.2. The topological polar surface area (TPSA) is 57.6 Å². The Morgan fingerprint density at radius 2 is 1.90 bits per heavy atom. The molecule has 0 spiro atoms. The highest BCUT2D eigenvalue weighted by atomic mass is 35.5. The molecular formula is C13H19Cl2NO3S. The van der Waals surface area contributed by atoms with Crippen LogP contribution in [0.3, 0.4) is 0 Å². The maximum Gasteiger partial charge on any atom is 0.181 e. The summed E-state index contributed by atoms with van der Waals surface area (Å²) in [6, 6.07) is 4.37. The molecule has 0 amide bonds. The third-order valence-corrected chi connectivity index (χ3v) is 5.03. The molecule has 1 rings (SSSR count). The second-order valence-corrected chi connectivity index (χ2v) is 8.37. The Bertz CT molecular complexity index is 567. The molecule has 0 unspecified atom stereocenters. The van der Waals surface area contributed by atoms with Crippen molar-refractivity contribution in [2.45, 2.75) is 24.3 Å². The fraction of sp³-hybridized carbons (Fsp3) is 0.538. The molecule has 1 N–H and O–H groups in total. The lowest BCUT2D eigenvalue weighted by molar-refractivity contribution is 0.0463. The maximum absolute atomic E-state index is 12.2. The average molecular weight is 340 g/mol. The number of halogens is 2. The third-order valence-electron chi connectivity index (χ3n) is 2.63. The highest BCUT2D eigenvalue weighted by Gasteiger charge is 2.21. The standard InChI is InChI=1S/C13H19Cl2NO3S/c1-13(2,17)9-16(3)6-7-20(18,19)12-8-10(14)4-5-11(12)15/h4-5,8,17H,6-7,9H2,1-3H3. The van der Waals surface area contributed by atoms with E-state index in [1.165, 1.54) is 12.1 Å². The number of aliphatic hydroxyl groups is 1. The second kappa shape index (κ2) is 6.62. The molecule has 0 atom stereocenters. The van der Waals surface area contributed by atoms with Gasteiger partial charge in [0.2, 0.25) is 0 Å². The van der Waals surface area contributed by atoms with Crippen molar-refractivity contribution in [1.82, 2.24) is 4.90 Å². The van der Waals surface area contributed by atoms with E-state index in [0.717, 1.165) is 0 Å². The first kappa shape index (κ1) is 17.7. The lowest BCUT2D eigenvalue weighted by Gasteiger charge is -2.25. The molecule has 0 aromatic heterocycles. The van der Waals surface area contributed by atoms with Gasteiger partial charge in [0.05, 0.1) is 21.3 Å². The van der Waals surface area contributed by atoms with Crippen molar-refractivity contribution < 1.29 is 13.5 Å². The fourth-order valence-electron chi connectivity index (χ4n) is 1.84. The van der Waals surface area contributed by atoms with Crippen LogP contribution in [0.15, 0.2) is 23.1 Å². The quantitative estimate of drug-likeness (QED) is 0.864. The number of sulfone groups is 1. The van der Waals surface area contributed by atoms with Gasteiger partial charge in [-0.15, -0.1) is 0 Å². The molecule has 0 aliphatic heterocycles. The fourth-order valence-corrected chi connectivity index (χ4v) is 3.99. The summed E-state index contributed by atoms with van der Waals surface area (Å²) in [5.41, 5.74) is -0.869. The van der Waals surface area contributed by atoms with Crippen molar-refractivity contribution in [2.75, 3.05) is 25.9 Å². The predicted octanol–water partition coefficient (Wildman–Crippen LogP) is 2.47. The van der Waals surface area contributed by atoms with Crippen molar-refractivity contribution in [1.29, 1.82) is 0 Å². The minimum atomic E-state index is -3.50. The van der Waals surface area contributed by atoms with Crippen molar-refractivity contribution in [2.24, 2.45) is 0 Å². The van der Waals surface area contributed by atoms with Gasteiger partial charge in [0, 0.05) is 18.1 Å². The van der Waals surface area contributed by atoms with Crippen LogP contribution in [0.1, 0.15) is 13.8 Å². The van der Waals surface area contributed by atoms with Crippen molar-refractivity contribution in [3.63, 3.8) is 0 Å². The van der Waals surface area contributed by atoms with Crippen LogP contribution in [0.5, 0.6) is 0 Å². The van der Waals surface area contributed by atoms with Gasteiger partial charge in [-0.05, 0) is 39.1 Å². The van der Waals surface area contributed by atoms with Gasteiger partial charge in [0.15, 0.2) is 9.84 Å². The van der Waals surface area contributed by atoms with Gasteiger partial charge in [-0.3, -0.25) is 0 Å². The molecule has 0 aliphatic carbocycles. The summed E-state index contributed by atoms with van der Waals surface area (Å²) in [4.78, 5) is 1.80. The SMILES string of the molecule is CN(CCS(=O)(=O)c1cc(Cl)ccc1Cl)CC(C)(C)O. The normalized spacial score (nSPS) is 12.9. The van der Waals surface area contributed by atoms with E-state index in [1.807, 2.05) is 0 Å². The van der Waals surface area contributed by atoms with E-state index in [0.29, 0.717) is 18.1 Å². The summed E-state index contributed by atoms with van der Waals surface area (Å²) in [6.07, 6.45) is 0. The van der Waals surface area contributed by atoms with E-state index >= 15 is 0 Å². The van der Waals surface area contributed by atoms with Gasteiger partial charge in [-0.25, -0.2) is 8.42 Å². The molecule has 0 saturated carbocycles. The first-order valence-electron chi connectivity index (χ1n) is 6.10. The first-order chi connectivity index (χ1) is 9.01. The van der Waals surface area contributed by atoms with Gasteiger partial charge in [0.25, 0.3) is 0 Å². The Morgan fingerprint density at radius 3 is 2.45 bits per heavy atom. The van der Waals surface area contributed by atoms with Crippen LogP contribution in [0.2, 0.25) is 10.0 Å². The minimum Gasteiger partial charge on any atom is -0.389 e. The highest BCUT2D eigenvalue weighted by Crippen LogP contribution is 2.25. The molecule has 1 aromatic rings. The van der Waals surface area contributed by atoms with Gasteiger partial charge in [0.1, 0.15) is 0 Å². The van der Waals surface area contributed by atoms with Crippen LogP contribution in [0, 0.1) is 0 Å². The van der Waals surface area contributed by atoms with Gasteiger partial charge in [-0.2, -0.15) is 0 Å². The summed E-state index contributed by atoms with van der Waals surface area (Å²) >= 11 is 11.7.